The maximum Gasteiger partial charge on any atom is 0.0761 e. The van der Waals surface area contributed by atoms with E-state index in [0.717, 1.165) is 5.56 Å². The smallest absolute Gasteiger partial charge is 0.0761 e. The van der Waals surface area contributed by atoms with Crippen LogP contribution in [-0.4, -0.2) is 10.4 Å². The zero-order valence-corrected chi connectivity index (χ0v) is 9.84. The molecule has 0 aromatic heterocycles. The Bertz CT molecular complexity index is 266. The second-order valence-electron chi connectivity index (χ2n) is 3.58. The molecular formula is C12H18OS. The van der Waals surface area contributed by atoms with Gasteiger partial charge in [-0.05, 0) is 31.0 Å². The normalized spacial score (nSPS) is 15.1. The second kappa shape index (κ2) is 5.42. The van der Waals surface area contributed by atoms with E-state index < -0.39 is 0 Å². The van der Waals surface area contributed by atoms with Crippen LogP contribution in [0.15, 0.2) is 29.2 Å². The van der Waals surface area contributed by atoms with Gasteiger partial charge < -0.3 is 5.11 Å². The van der Waals surface area contributed by atoms with Crippen LogP contribution in [0.5, 0.6) is 0 Å². The lowest BCUT2D eigenvalue weighted by Crippen LogP contribution is -1.93. The van der Waals surface area contributed by atoms with E-state index in [-0.39, 0.29) is 6.10 Å². The summed E-state index contributed by atoms with van der Waals surface area (Å²) in [5, 5.41) is 10.00. The second-order valence-corrected chi connectivity index (χ2v) is 5.09. The number of thioether (sulfide) groups is 1. The molecule has 1 aromatic rings. The van der Waals surface area contributed by atoms with Gasteiger partial charge in [-0.15, -0.1) is 11.8 Å². The summed E-state index contributed by atoms with van der Waals surface area (Å²) in [6.45, 7) is 6.21. The summed E-state index contributed by atoms with van der Waals surface area (Å²) in [6, 6.07) is 8.16. The van der Waals surface area contributed by atoms with E-state index in [0.29, 0.717) is 5.25 Å². The van der Waals surface area contributed by atoms with Gasteiger partial charge in [0.25, 0.3) is 0 Å². The van der Waals surface area contributed by atoms with E-state index in [1.807, 2.05) is 23.9 Å². The summed E-state index contributed by atoms with van der Waals surface area (Å²) < 4.78 is 0. The quantitative estimate of drug-likeness (QED) is 0.766. The van der Waals surface area contributed by atoms with Crippen LogP contribution in [0.2, 0.25) is 0 Å². The van der Waals surface area contributed by atoms with Crippen molar-refractivity contribution in [3.8, 4) is 0 Å². The number of rotatable bonds is 4. The van der Waals surface area contributed by atoms with Gasteiger partial charge in [0, 0.05) is 10.1 Å². The van der Waals surface area contributed by atoms with Crippen LogP contribution < -0.4 is 0 Å². The molecule has 0 heterocycles. The molecule has 0 aliphatic carbocycles. The van der Waals surface area contributed by atoms with E-state index in [2.05, 4.69) is 26.0 Å². The summed E-state index contributed by atoms with van der Waals surface area (Å²) in [7, 11) is 0. The van der Waals surface area contributed by atoms with Gasteiger partial charge in [-0.1, -0.05) is 26.0 Å². The van der Waals surface area contributed by atoms with Crippen LogP contribution in [-0.2, 0) is 0 Å². The predicted molar refractivity (Wildman–Crippen MR) is 62.7 cm³/mol. The zero-order chi connectivity index (χ0) is 10.6. The van der Waals surface area contributed by atoms with Crippen LogP contribution >= 0.6 is 11.8 Å². The lowest BCUT2D eigenvalue weighted by atomic mass is 10.1. The van der Waals surface area contributed by atoms with E-state index in [1.165, 1.54) is 11.3 Å². The van der Waals surface area contributed by atoms with Crippen LogP contribution in [0.25, 0.3) is 0 Å². The Morgan fingerprint density at radius 2 is 1.79 bits per heavy atom. The fourth-order valence-electron chi connectivity index (χ4n) is 1.14. The van der Waals surface area contributed by atoms with Crippen molar-refractivity contribution in [1.82, 2.24) is 0 Å². The number of benzene rings is 1. The molecule has 0 saturated carbocycles. The highest BCUT2D eigenvalue weighted by Gasteiger charge is 2.03. The maximum absolute atomic E-state index is 9.34. The monoisotopic (exact) mass is 210 g/mol. The standard InChI is InChI=1S/C12H18OS/c1-4-9(2)14-12-7-5-11(6-8-12)10(3)13/h5-10,13H,4H2,1-3H3/t9?,10-/m1/s1. The summed E-state index contributed by atoms with van der Waals surface area (Å²) >= 11 is 1.88. The number of hydrogen-bond donors (Lipinski definition) is 1. The third kappa shape index (κ3) is 3.35. The largest absolute Gasteiger partial charge is 0.389 e. The predicted octanol–water partition coefficient (Wildman–Crippen LogP) is 3.63. The minimum Gasteiger partial charge on any atom is -0.389 e. The van der Waals surface area contributed by atoms with Crippen molar-refractivity contribution < 1.29 is 5.11 Å². The topological polar surface area (TPSA) is 20.2 Å². The van der Waals surface area contributed by atoms with Crippen molar-refractivity contribution >= 4 is 11.8 Å². The first-order valence-corrected chi connectivity index (χ1v) is 5.96. The fraction of sp³-hybridized carbons (Fsp3) is 0.500. The molecule has 14 heavy (non-hydrogen) atoms. The molecule has 1 aromatic carbocycles. The van der Waals surface area contributed by atoms with Gasteiger partial charge >= 0.3 is 0 Å². The number of hydrogen-bond acceptors (Lipinski definition) is 2. The van der Waals surface area contributed by atoms with E-state index >= 15 is 0 Å². The summed E-state index contributed by atoms with van der Waals surface area (Å²) in [5.74, 6) is 0. The van der Waals surface area contributed by atoms with Crippen molar-refractivity contribution in [2.75, 3.05) is 0 Å². The van der Waals surface area contributed by atoms with Crippen LogP contribution in [0, 0.1) is 0 Å². The SMILES string of the molecule is CCC(C)Sc1ccc([C@@H](C)O)cc1. The molecule has 0 spiro atoms. The Morgan fingerprint density at radius 1 is 1.21 bits per heavy atom. The van der Waals surface area contributed by atoms with Crippen LogP contribution in [0.1, 0.15) is 38.9 Å². The molecule has 2 atom stereocenters. The molecule has 0 fully saturated rings. The van der Waals surface area contributed by atoms with Gasteiger partial charge in [0.2, 0.25) is 0 Å². The Balaban J connectivity index is 2.64. The Hall–Kier alpha value is -0.470. The summed E-state index contributed by atoms with van der Waals surface area (Å²) in [4.78, 5) is 1.28. The van der Waals surface area contributed by atoms with Crippen molar-refractivity contribution in [2.45, 2.75) is 43.4 Å². The van der Waals surface area contributed by atoms with Crippen LogP contribution in [0.3, 0.4) is 0 Å². The van der Waals surface area contributed by atoms with Gasteiger partial charge in [0.1, 0.15) is 0 Å². The molecular weight excluding hydrogens is 192 g/mol. The lowest BCUT2D eigenvalue weighted by molar-refractivity contribution is 0.199. The Morgan fingerprint density at radius 3 is 2.21 bits per heavy atom. The fourth-order valence-corrected chi connectivity index (χ4v) is 2.07. The molecule has 2 heteroatoms. The molecule has 0 radical (unpaired) electrons. The van der Waals surface area contributed by atoms with Gasteiger partial charge in [-0.25, -0.2) is 0 Å². The zero-order valence-electron chi connectivity index (χ0n) is 9.03. The third-order valence-electron chi connectivity index (χ3n) is 2.27. The van der Waals surface area contributed by atoms with Crippen LogP contribution in [0.4, 0.5) is 0 Å². The minimum absolute atomic E-state index is 0.363. The molecule has 0 saturated heterocycles. The molecule has 0 amide bonds. The van der Waals surface area contributed by atoms with E-state index in [1.54, 1.807) is 6.92 Å². The van der Waals surface area contributed by atoms with E-state index in [4.69, 9.17) is 0 Å². The molecule has 0 bridgehead atoms. The first kappa shape index (κ1) is 11.6. The Kier molecular flexibility index (Phi) is 4.49. The third-order valence-corrected chi connectivity index (χ3v) is 3.55. The van der Waals surface area contributed by atoms with Crippen molar-refractivity contribution in [3.05, 3.63) is 29.8 Å². The highest BCUT2D eigenvalue weighted by molar-refractivity contribution is 7.99. The Labute approximate surface area is 90.5 Å². The highest BCUT2D eigenvalue weighted by atomic mass is 32.2. The summed E-state index contributed by atoms with van der Waals surface area (Å²) in [5.41, 5.74) is 0.985. The first-order valence-electron chi connectivity index (χ1n) is 5.08. The van der Waals surface area contributed by atoms with Gasteiger partial charge in [-0.2, -0.15) is 0 Å². The minimum atomic E-state index is -0.363. The molecule has 1 N–H and O–H groups in total. The average molecular weight is 210 g/mol. The number of aliphatic hydroxyl groups excluding tert-OH is 1. The summed E-state index contributed by atoms with van der Waals surface area (Å²) in [6.07, 6.45) is 0.820. The molecule has 1 unspecified atom stereocenters. The lowest BCUT2D eigenvalue weighted by Gasteiger charge is -2.09. The molecule has 0 aliphatic heterocycles. The van der Waals surface area contributed by atoms with Gasteiger partial charge in [0.05, 0.1) is 6.10 Å². The first-order chi connectivity index (χ1) is 6.63. The van der Waals surface area contributed by atoms with E-state index in [9.17, 15) is 5.11 Å². The average Bonchev–Trinajstić information content (AvgIpc) is 2.18. The van der Waals surface area contributed by atoms with Gasteiger partial charge in [0.15, 0.2) is 0 Å². The molecule has 78 valence electrons. The molecule has 1 nitrogen and oxygen atoms in total. The van der Waals surface area contributed by atoms with Crippen molar-refractivity contribution in [3.63, 3.8) is 0 Å². The molecule has 1 rings (SSSR count). The van der Waals surface area contributed by atoms with Gasteiger partial charge in [-0.3, -0.25) is 0 Å². The number of aliphatic hydroxyl groups is 1. The maximum atomic E-state index is 9.34. The highest BCUT2D eigenvalue weighted by Crippen LogP contribution is 2.26. The van der Waals surface area contributed by atoms with Crippen molar-refractivity contribution in [2.24, 2.45) is 0 Å². The molecule has 0 aliphatic rings. The van der Waals surface area contributed by atoms with Crippen molar-refractivity contribution in [1.29, 1.82) is 0 Å².